The monoisotopic (exact) mass is 2230 g/mol. The van der Waals surface area contributed by atoms with E-state index in [2.05, 4.69) is 169 Å². The summed E-state index contributed by atoms with van der Waals surface area (Å²) in [6.45, 7) is 28.1. The number of aryl methyl sites for hydroxylation is 4. The van der Waals surface area contributed by atoms with Gasteiger partial charge in [-0.25, -0.2) is 60.3 Å². The zero-order chi connectivity index (χ0) is 107. The van der Waals surface area contributed by atoms with Crippen molar-refractivity contribution in [3.63, 3.8) is 0 Å². The summed E-state index contributed by atoms with van der Waals surface area (Å²) < 4.78 is 115. The molecule has 142 heavy (non-hydrogen) atoms. The van der Waals surface area contributed by atoms with Crippen molar-refractivity contribution in [3.05, 3.63) is 272 Å². The fourth-order valence-electron chi connectivity index (χ4n) is 12.4. The Hall–Kier alpha value is -11.3. The minimum absolute atomic E-state index is 0.0361. The van der Waals surface area contributed by atoms with Gasteiger partial charge in [-0.15, -0.1) is 23.2 Å². The molecule has 3 amide bonds. The summed E-state index contributed by atoms with van der Waals surface area (Å²) in [5.41, 5.74) is 18.8. The van der Waals surface area contributed by atoms with Crippen LogP contribution in [0.2, 0.25) is 0 Å². The zero-order valence-electron chi connectivity index (χ0n) is 81.0. The van der Waals surface area contributed by atoms with Crippen LogP contribution in [-0.2, 0) is 28.6 Å². The van der Waals surface area contributed by atoms with Crippen LogP contribution in [0.5, 0.6) is 0 Å². The van der Waals surface area contributed by atoms with Gasteiger partial charge < -0.3 is 54.2 Å². The Morgan fingerprint density at radius 1 is 0.535 bits per heavy atom. The maximum absolute atomic E-state index is 13.2. The number of nitrogens with one attached hydrogen (secondary N) is 4. The standard InChI is InChI=1S/C20H25BrFN3O2.C20H26FN3O2.C10H8BrFN2.C10H9FN2.C10H10FNO2.C8H6BrFO.C8H8FNO.C6H14N4.C4H6O3.CH2Cl2.2BHNS/c1-13-23-17(14-5-7-15(22)8-6-14)18(21)25(13)16-9-11-24(12-10-16)19(26)27-20(2,3)4;1-14-22-18(15-5-7-16(21)8-6-15)13-24(14)17-9-11-23(12-10-17)19(25)26-20(2,3)4;1-6-13-9(10(11)14-6)7-2-4-8(12)5-3-7;1-7-12-6-10(13-7)8-2-4-9(11)5-3-8;1-7(13)12-6-10(14)8-2-4-9(11)5-3-8;9-5-8(11)6-1-3-7(10)4-2-6;9-7-3-1-6(2-4-7)8(11)5-10;1-2-3-4-5-6-8-10-9-7;1-3(5)7-4(2)6;2-1-3;2*1-2-3/h5-8,16H,9-12H2,1-4H3;5-8,13,17H,9-12H2,1-4H3;2-5H,1H3,(H,13,14);2-6H,1H3,(H,12,13);2-5H,6H2,1H3,(H,12,13);1-4H,5H2;1-4H,5,10H2;7H,2-6H2,1H3;1-2H3;1H2;2*3H. The number of aromatic amines is 2. The van der Waals surface area contributed by atoms with Gasteiger partial charge in [0.1, 0.15) is 95.8 Å². The van der Waals surface area contributed by atoms with Crippen molar-refractivity contribution in [2.24, 2.45) is 29.9 Å². The Balaban J connectivity index is 0.000000549. The molecule has 2 radical (unpaired) electrons. The van der Waals surface area contributed by atoms with E-state index in [0.717, 1.165) is 110 Å². The number of ether oxygens (including phenoxy) is 3. The van der Waals surface area contributed by atoms with E-state index in [-0.39, 0.29) is 106 Å². The number of aromatic nitrogens is 8. The summed E-state index contributed by atoms with van der Waals surface area (Å²) in [6, 6.07) is 41.9. The van der Waals surface area contributed by atoms with Gasteiger partial charge in [-0.1, -0.05) is 42.1 Å². The van der Waals surface area contributed by atoms with Gasteiger partial charge in [0.2, 0.25) is 5.91 Å². The van der Waals surface area contributed by atoms with Crippen molar-refractivity contribution in [1.29, 1.82) is 5.53 Å². The molecule has 762 valence electrons. The summed E-state index contributed by atoms with van der Waals surface area (Å²) >= 11 is 26.0. The number of ketones is 3. The normalized spacial score (nSPS) is 11.8. The molecule has 2 aliphatic rings. The number of thiol groups is 2. The molecule has 0 aliphatic carbocycles. The van der Waals surface area contributed by atoms with E-state index in [1.54, 1.807) is 64.5 Å². The van der Waals surface area contributed by atoms with Crippen LogP contribution >= 0.6 is 96.6 Å². The summed E-state index contributed by atoms with van der Waals surface area (Å²) in [4.78, 5) is 115. The number of hydrogen-bond donors (Lipinski definition) is 7. The third-order valence-electron chi connectivity index (χ3n) is 18.8. The van der Waals surface area contributed by atoms with E-state index < -0.39 is 23.1 Å². The first kappa shape index (κ1) is 127. The van der Waals surface area contributed by atoms with Crippen LogP contribution in [0.1, 0.15) is 187 Å². The predicted octanol–water partition coefficient (Wildman–Crippen LogP) is 25.1. The number of nitrogens with two attached hydrogens (primary N) is 1. The van der Waals surface area contributed by atoms with Crippen LogP contribution < -0.4 is 11.1 Å². The number of imidazole rings is 4. The number of rotatable bonds is 19. The van der Waals surface area contributed by atoms with E-state index in [9.17, 15) is 69.1 Å². The number of amides is 3. The Morgan fingerprint density at radius 2 is 0.915 bits per heavy atom. The average molecular weight is 2240 g/mol. The molecule has 7 aromatic carbocycles. The van der Waals surface area contributed by atoms with Crippen molar-refractivity contribution in [2.75, 3.05) is 56.5 Å². The number of unbranched alkanes of at least 4 members (excludes halogenated alkanes) is 3. The van der Waals surface area contributed by atoms with Crippen molar-refractivity contribution in [3.8, 4) is 45.0 Å². The Bertz CT molecular complexity index is 5650. The topological polar surface area (TPSA) is 387 Å². The Kier molecular flexibility index (Phi) is 61.4. The quantitative estimate of drug-likeness (QED) is 0.00338. The maximum atomic E-state index is 13.2. The molecule has 11 aromatic rings. The van der Waals surface area contributed by atoms with Gasteiger partial charge in [-0.2, -0.15) is 10.6 Å². The molecule has 0 bridgehead atoms. The van der Waals surface area contributed by atoms with Crippen LogP contribution in [0.25, 0.3) is 45.0 Å². The van der Waals surface area contributed by atoms with E-state index in [1.165, 1.54) is 161 Å². The van der Waals surface area contributed by atoms with Gasteiger partial charge in [-0.3, -0.25) is 28.8 Å². The molecule has 13 rings (SSSR count). The molecule has 0 atom stereocenters. The van der Waals surface area contributed by atoms with Gasteiger partial charge >= 0.3 is 73.6 Å². The Morgan fingerprint density at radius 3 is 1.26 bits per heavy atom. The van der Waals surface area contributed by atoms with Crippen LogP contribution in [-0.4, -0.2) is 179 Å². The number of carbonyl (C=O) groups excluding carboxylic acids is 8. The van der Waals surface area contributed by atoms with Gasteiger partial charge in [0.05, 0.1) is 47.9 Å². The molecule has 45 heteroatoms. The summed E-state index contributed by atoms with van der Waals surface area (Å²) in [6.07, 6.45) is 11.4. The number of halogens is 12. The number of hydrogen-bond acceptors (Lipinski definition) is 22. The van der Waals surface area contributed by atoms with Crippen LogP contribution in [0, 0.1) is 73.9 Å². The first-order valence-electron chi connectivity index (χ1n) is 43.7. The van der Waals surface area contributed by atoms with Crippen LogP contribution in [0.3, 0.4) is 0 Å². The average Bonchev–Trinajstić information content (AvgIpc) is 1.64. The third kappa shape index (κ3) is 51.6. The van der Waals surface area contributed by atoms with Crippen molar-refractivity contribution >= 4 is 159 Å². The second-order valence-electron chi connectivity index (χ2n) is 32.1. The third-order valence-corrected chi connectivity index (χ3v) is 20.6. The number of alkyl halides is 3. The fourth-order valence-corrected chi connectivity index (χ4v) is 14.2. The van der Waals surface area contributed by atoms with Gasteiger partial charge in [0.25, 0.3) is 0 Å². The number of esters is 2. The second-order valence-corrected chi connectivity index (χ2v) is 35.5. The first-order chi connectivity index (χ1) is 67.1. The molecule has 0 saturated carbocycles. The molecule has 2 aliphatic heterocycles. The second kappa shape index (κ2) is 68.8. The van der Waals surface area contributed by atoms with E-state index in [4.69, 9.17) is 43.9 Å². The van der Waals surface area contributed by atoms with Crippen molar-refractivity contribution in [1.82, 2.24) is 54.2 Å². The SMILES string of the molecule is CC(=O)NCC(=O)c1ccc(F)cc1.CC(=O)OC(C)=O.CCCCCCN=NN=N.Cc1nc(-c2ccc(F)cc2)c(Br)[nH]1.Cc1nc(-c2ccc(F)cc2)c(Br)n1C1CCN(C(=O)OC(C)(C)C)CC1.Cc1nc(-c2ccc(F)cc2)cn1C1CCN(C(=O)OC(C)(C)C)CC1.Cc1ncc(-c2ccc(F)cc2)[nH]1.ClCCl.NCC(=O)c1ccc(F)cc1.O=C(CBr)c1ccc(F)cc1.[B]=NS.[B]=NS. The molecule has 6 N–H and O–H groups in total. The van der Waals surface area contributed by atoms with E-state index in [0.29, 0.717) is 55.5 Å². The molecule has 0 unspecified atom stereocenters. The number of H-pyrrole nitrogens is 2. The minimum atomic E-state index is -0.562. The molecular weight excluding hydrogens is 2120 g/mol. The number of carbonyl (C=O) groups is 8. The summed E-state index contributed by atoms with van der Waals surface area (Å²) in [5.74, 6) is -0.351. The Labute approximate surface area is 871 Å². The number of benzene rings is 7. The van der Waals surface area contributed by atoms with E-state index in [1.807, 2.05) is 75.4 Å². The summed E-state index contributed by atoms with van der Waals surface area (Å²) in [5, 5.41) is 12.4. The molecule has 4 aromatic heterocycles. The zero-order valence-corrected chi connectivity index (χ0v) is 89.0. The van der Waals surface area contributed by atoms with E-state index >= 15 is 0 Å². The molecule has 6 heterocycles. The van der Waals surface area contributed by atoms with Gasteiger partial charge in [-0.05, 0) is 319 Å². The summed E-state index contributed by atoms with van der Waals surface area (Å²) in [7, 11) is 8.67. The first-order valence-corrected chi connectivity index (χ1v) is 48.3. The van der Waals surface area contributed by atoms with Crippen molar-refractivity contribution < 1.29 is 83.3 Å². The molecule has 29 nitrogen and oxygen atoms in total. The molecule has 2 fully saturated rings. The fraction of sp³-hybridized carbons (Fsp3) is 0.361. The van der Waals surface area contributed by atoms with Gasteiger partial charge in [0, 0.05) is 98.6 Å². The number of piperidine rings is 2. The number of nitrogens with zero attached hydrogens (tertiary/aromatic N) is 13. The number of Topliss-reactive ketones (excluding diaryl/α,β-unsaturated/α-hetero) is 3. The van der Waals surface area contributed by atoms with Crippen LogP contribution in [0.4, 0.5) is 40.3 Å². The molecular formula is C97H116B2Br3Cl2F7N18O11S2. The van der Waals surface area contributed by atoms with Crippen molar-refractivity contribution in [2.45, 2.75) is 172 Å². The van der Waals surface area contributed by atoms with Crippen LogP contribution in [0.15, 0.2) is 216 Å². The molecule has 0 spiro atoms. The molecule has 2 saturated heterocycles. The van der Waals surface area contributed by atoms with Gasteiger partial charge in [0.15, 0.2) is 17.3 Å². The predicted molar refractivity (Wildman–Crippen MR) is 556 cm³/mol. The number of likely N-dealkylation sites (tertiary alicyclic amines) is 2.